The Morgan fingerprint density at radius 3 is 2.14 bits per heavy atom. The summed E-state index contributed by atoms with van der Waals surface area (Å²) in [6.07, 6.45) is 0.465. The highest BCUT2D eigenvalue weighted by Gasteiger charge is 2.25. The van der Waals surface area contributed by atoms with E-state index in [0.29, 0.717) is 6.42 Å². The first-order valence-electron chi connectivity index (χ1n) is 4.69. The fourth-order valence-corrected chi connectivity index (χ4v) is 0.757. The van der Waals surface area contributed by atoms with Crippen LogP contribution in [0.1, 0.15) is 34.1 Å². The van der Waals surface area contributed by atoms with Crippen molar-refractivity contribution in [3.63, 3.8) is 0 Å². The van der Waals surface area contributed by atoms with Crippen LogP contribution >= 0.6 is 0 Å². The molecule has 0 aliphatic heterocycles. The van der Waals surface area contributed by atoms with Gasteiger partial charge in [0.25, 0.3) is 0 Å². The number of carbonyl (C=O) groups is 2. The number of carbonyl (C=O) groups excluding carboxylic acids is 1. The van der Waals surface area contributed by atoms with Crippen LogP contribution < -0.4 is 0 Å². The van der Waals surface area contributed by atoms with Gasteiger partial charge in [-0.1, -0.05) is 6.92 Å². The second-order valence-corrected chi connectivity index (χ2v) is 4.29. The molecule has 0 fully saturated rings. The first-order chi connectivity index (χ1) is 6.29. The number of carboxylic acids is 1. The van der Waals surface area contributed by atoms with Crippen LogP contribution in [0.4, 0.5) is 0 Å². The fourth-order valence-electron chi connectivity index (χ4n) is 0.757. The predicted molar refractivity (Wildman–Crippen MR) is 51.8 cm³/mol. The molecule has 0 aromatic rings. The molecule has 4 nitrogen and oxygen atoms in total. The number of hydrogen-bond donors (Lipinski definition) is 1. The van der Waals surface area contributed by atoms with Crippen LogP contribution in [0.5, 0.6) is 0 Å². The van der Waals surface area contributed by atoms with E-state index in [9.17, 15) is 9.59 Å². The second-order valence-electron chi connectivity index (χ2n) is 4.29. The van der Waals surface area contributed by atoms with Crippen molar-refractivity contribution in [2.75, 3.05) is 6.61 Å². The molecule has 0 heterocycles. The Hall–Kier alpha value is -1.06. The van der Waals surface area contributed by atoms with E-state index in [1.54, 1.807) is 27.7 Å². The van der Waals surface area contributed by atoms with Crippen molar-refractivity contribution in [3.05, 3.63) is 0 Å². The van der Waals surface area contributed by atoms with E-state index in [0.717, 1.165) is 0 Å². The lowest BCUT2D eigenvalue weighted by Crippen LogP contribution is -2.27. The minimum absolute atomic E-state index is 0.0397. The molecule has 0 spiro atoms. The van der Waals surface area contributed by atoms with Gasteiger partial charge in [0.1, 0.15) is 6.61 Å². The van der Waals surface area contributed by atoms with E-state index >= 15 is 0 Å². The predicted octanol–water partition coefficient (Wildman–Crippen LogP) is 1.69. The van der Waals surface area contributed by atoms with Crippen LogP contribution in [0.15, 0.2) is 0 Å². The summed E-state index contributed by atoms with van der Waals surface area (Å²) in [5.41, 5.74) is -0.573. The molecule has 0 aromatic carbocycles. The molecule has 14 heavy (non-hydrogen) atoms. The quantitative estimate of drug-likeness (QED) is 0.704. The van der Waals surface area contributed by atoms with Gasteiger partial charge in [-0.3, -0.25) is 9.59 Å². The van der Waals surface area contributed by atoms with E-state index in [4.69, 9.17) is 9.84 Å². The summed E-state index contributed by atoms with van der Waals surface area (Å²) in [5, 5.41) is 8.70. The number of carboxylic acid groups (broad SMARTS) is 1. The van der Waals surface area contributed by atoms with E-state index in [-0.39, 0.29) is 12.6 Å². The molecule has 0 saturated carbocycles. The van der Waals surface area contributed by atoms with Gasteiger partial charge in [0, 0.05) is 0 Å². The normalized spacial score (nSPS) is 13.4. The summed E-state index contributed by atoms with van der Waals surface area (Å²) < 4.78 is 4.90. The van der Waals surface area contributed by atoms with E-state index in [1.165, 1.54) is 0 Å². The summed E-state index contributed by atoms with van der Waals surface area (Å²) in [6.45, 7) is 6.91. The Kier molecular flexibility index (Phi) is 4.60. The van der Waals surface area contributed by atoms with Crippen molar-refractivity contribution in [1.82, 2.24) is 0 Å². The Labute approximate surface area is 84.3 Å². The third-order valence-electron chi connectivity index (χ3n) is 1.87. The van der Waals surface area contributed by atoms with Crippen molar-refractivity contribution in [2.24, 2.45) is 11.3 Å². The Bertz CT molecular complexity index is 215. The van der Waals surface area contributed by atoms with Gasteiger partial charge < -0.3 is 9.84 Å². The monoisotopic (exact) mass is 202 g/mol. The molecule has 1 atom stereocenters. The second kappa shape index (κ2) is 4.98. The van der Waals surface area contributed by atoms with Crippen LogP contribution in [0.3, 0.4) is 0 Å². The third kappa shape index (κ3) is 4.25. The minimum atomic E-state index is -0.922. The summed E-state index contributed by atoms with van der Waals surface area (Å²) in [6, 6.07) is 0. The Morgan fingerprint density at radius 1 is 1.36 bits per heavy atom. The fraction of sp³-hybridized carbons (Fsp3) is 0.800. The highest BCUT2D eigenvalue weighted by molar-refractivity contribution is 5.76. The first-order valence-corrected chi connectivity index (χ1v) is 4.69. The molecule has 4 heteroatoms. The summed E-state index contributed by atoms with van der Waals surface area (Å²) in [4.78, 5) is 21.9. The Balaban J connectivity index is 4.05. The lowest BCUT2D eigenvalue weighted by Gasteiger charge is -2.18. The molecule has 82 valence electrons. The molecular formula is C10H18O4. The number of rotatable bonds is 4. The highest BCUT2D eigenvalue weighted by atomic mass is 16.5. The van der Waals surface area contributed by atoms with Crippen LogP contribution in [0.25, 0.3) is 0 Å². The first kappa shape index (κ1) is 12.9. The maximum atomic E-state index is 11.3. The summed E-state index contributed by atoms with van der Waals surface area (Å²) in [5.74, 6) is -1.88. The zero-order chi connectivity index (χ0) is 11.4. The molecule has 0 radical (unpaired) electrons. The van der Waals surface area contributed by atoms with Crippen molar-refractivity contribution < 1.29 is 19.4 Å². The standard InChI is InChI=1S/C10H18O4/c1-5-7(8(11)12)6-14-9(13)10(2,3)4/h7H,5-6H2,1-4H3,(H,11,12). The van der Waals surface area contributed by atoms with Crippen molar-refractivity contribution in [1.29, 1.82) is 0 Å². The maximum absolute atomic E-state index is 11.3. The molecule has 0 amide bonds. The van der Waals surface area contributed by atoms with Crippen LogP contribution in [-0.4, -0.2) is 23.7 Å². The van der Waals surface area contributed by atoms with Gasteiger partial charge in [-0.05, 0) is 27.2 Å². The SMILES string of the molecule is CCC(COC(=O)C(C)(C)C)C(=O)O. The molecule has 0 aliphatic rings. The van der Waals surface area contributed by atoms with Crippen LogP contribution in [-0.2, 0) is 14.3 Å². The smallest absolute Gasteiger partial charge is 0.311 e. The Morgan fingerprint density at radius 2 is 1.86 bits per heavy atom. The topological polar surface area (TPSA) is 63.6 Å². The van der Waals surface area contributed by atoms with Gasteiger partial charge in [-0.25, -0.2) is 0 Å². The van der Waals surface area contributed by atoms with Gasteiger partial charge in [-0.15, -0.1) is 0 Å². The summed E-state index contributed by atoms with van der Waals surface area (Å²) >= 11 is 0. The van der Waals surface area contributed by atoms with Gasteiger partial charge in [0.15, 0.2) is 0 Å². The molecular weight excluding hydrogens is 184 g/mol. The average Bonchev–Trinajstić information content (AvgIpc) is 2.02. The average molecular weight is 202 g/mol. The van der Waals surface area contributed by atoms with Gasteiger partial charge in [0.05, 0.1) is 11.3 Å². The number of ether oxygens (including phenoxy) is 1. The highest BCUT2D eigenvalue weighted by Crippen LogP contribution is 2.16. The van der Waals surface area contributed by atoms with Crippen molar-refractivity contribution in [2.45, 2.75) is 34.1 Å². The summed E-state index contributed by atoms with van der Waals surface area (Å²) in [7, 11) is 0. The number of aliphatic carboxylic acids is 1. The maximum Gasteiger partial charge on any atom is 0.311 e. The van der Waals surface area contributed by atoms with Crippen LogP contribution in [0, 0.1) is 11.3 Å². The van der Waals surface area contributed by atoms with E-state index < -0.39 is 17.3 Å². The van der Waals surface area contributed by atoms with Gasteiger partial charge in [0.2, 0.25) is 0 Å². The molecule has 0 bridgehead atoms. The molecule has 0 saturated heterocycles. The largest absolute Gasteiger partial charge is 0.481 e. The van der Waals surface area contributed by atoms with Crippen molar-refractivity contribution >= 4 is 11.9 Å². The van der Waals surface area contributed by atoms with E-state index in [1.807, 2.05) is 0 Å². The third-order valence-corrected chi connectivity index (χ3v) is 1.87. The number of esters is 1. The van der Waals surface area contributed by atoms with Gasteiger partial charge >= 0.3 is 11.9 Å². The molecule has 0 aromatic heterocycles. The lowest BCUT2D eigenvalue weighted by molar-refractivity contribution is -0.157. The van der Waals surface area contributed by atoms with E-state index in [2.05, 4.69) is 0 Å². The zero-order valence-electron chi connectivity index (χ0n) is 9.16. The lowest BCUT2D eigenvalue weighted by atomic mass is 9.97. The molecule has 1 unspecified atom stereocenters. The van der Waals surface area contributed by atoms with Gasteiger partial charge in [-0.2, -0.15) is 0 Å². The molecule has 0 rings (SSSR count). The minimum Gasteiger partial charge on any atom is -0.481 e. The molecule has 0 aliphatic carbocycles. The number of hydrogen-bond acceptors (Lipinski definition) is 3. The van der Waals surface area contributed by atoms with Crippen molar-refractivity contribution in [3.8, 4) is 0 Å². The zero-order valence-corrected chi connectivity index (χ0v) is 9.16. The van der Waals surface area contributed by atoms with Crippen LogP contribution in [0.2, 0.25) is 0 Å². The molecule has 1 N–H and O–H groups in total.